The van der Waals surface area contributed by atoms with Crippen LogP contribution in [-0.4, -0.2) is 34.0 Å². The number of aryl methyl sites for hydroxylation is 1. The molecule has 1 aromatic heterocycles. The molecular formula is C34H27BrN6O2. The van der Waals surface area contributed by atoms with Gasteiger partial charge >= 0.3 is 5.97 Å². The second-order valence-corrected chi connectivity index (χ2v) is 11.1. The number of carbonyl (C=O) groups excluding carboxylic acids is 1. The molecule has 4 aromatic carbocycles. The van der Waals surface area contributed by atoms with Gasteiger partial charge in [0.2, 0.25) is 0 Å². The van der Waals surface area contributed by atoms with Gasteiger partial charge in [0.25, 0.3) is 0 Å². The number of benzene rings is 4. The predicted molar refractivity (Wildman–Crippen MR) is 173 cm³/mol. The number of carbonyl (C=O) groups is 1. The van der Waals surface area contributed by atoms with Crippen molar-refractivity contribution in [2.45, 2.75) is 19.9 Å². The van der Waals surface area contributed by atoms with Crippen molar-refractivity contribution in [3.63, 3.8) is 0 Å². The number of hydrogen-bond acceptors (Lipinski definition) is 7. The molecule has 8 nitrogen and oxygen atoms in total. The van der Waals surface area contributed by atoms with Crippen LogP contribution in [0, 0.1) is 6.92 Å². The summed E-state index contributed by atoms with van der Waals surface area (Å²) >= 11 is 3.69. The van der Waals surface area contributed by atoms with E-state index in [0.717, 1.165) is 49.9 Å². The first-order chi connectivity index (χ1) is 21.0. The number of nitrogens with zero attached hydrogens (tertiary/aromatic N) is 5. The van der Waals surface area contributed by atoms with E-state index in [1.54, 1.807) is 19.1 Å². The minimum Gasteiger partial charge on any atom is -0.462 e. The van der Waals surface area contributed by atoms with Crippen molar-refractivity contribution >= 4 is 56.5 Å². The average Bonchev–Trinajstić information content (AvgIpc) is 3.36. The zero-order valence-electron chi connectivity index (χ0n) is 23.5. The highest BCUT2D eigenvalue weighted by Gasteiger charge is 2.41. The van der Waals surface area contributed by atoms with Crippen LogP contribution in [0.5, 0.6) is 0 Å². The van der Waals surface area contributed by atoms with Crippen LogP contribution in [0.4, 0.5) is 22.9 Å². The lowest BCUT2D eigenvalue weighted by Crippen LogP contribution is -2.46. The number of nitrogens with one attached hydrogen (secondary N) is 1. The van der Waals surface area contributed by atoms with Crippen LogP contribution in [0.2, 0.25) is 0 Å². The number of hydrogen-bond donors (Lipinski definition) is 1. The monoisotopic (exact) mass is 630 g/mol. The maximum Gasteiger partial charge on any atom is 0.338 e. The molecule has 9 heteroatoms. The van der Waals surface area contributed by atoms with Crippen molar-refractivity contribution in [2.75, 3.05) is 16.8 Å². The van der Waals surface area contributed by atoms with Crippen LogP contribution < -0.4 is 10.2 Å². The number of fused-ring (bicyclic) bond motifs is 4. The number of halogens is 1. The number of ether oxygens (including phenoxy) is 1. The summed E-state index contributed by atoms with van der Waals surface area (Å²) in [5.41, 5.74) is 6.98. The second-order valence-electron chi connectivity index (χ2n) is 10.2. The van der Waals surface area contributed by atoms with E-state index in [9.17, 15) is 4.79 Å². The molecule has 1 N–H and O–H groups in total. The minimum atomic E-state index is -0.352. The first kappa shape index (κ1) is 26.9. The van der Waals surface area contributed by atoms with E-state index in [4.69, 9.17) is 19.8 Å². The lowest BCUT2D eigenvalue weighted by Gasteiger charge is -2.40. The Hall–Kier alpha value is -5.02. The molecule has 43 heavy (non-hydrogen) atoms. The van der Waals surface area contributed by atoms with Crippen molar-refractivity contribution in [3.8, 4) is 5.69 Å². The summed E-state index contributed by atoms with van der Waals surface area (Å²) in [5.74, 6) is 1.66. The number of aromatic nitrogens is 2. The highest BCUT2D eigenvalue weighted by molar-refractivity contribution is 9.10. The highest BCUT2D eigenvalue weighted by Crippen LogP contribution is 2.48. The molecule has 2 aliphatic heterocycles. The van der Waals surface area contributed by atoms with E-state index >= 15 is 0 Å². The van der Waals surface area contributed by atoms with Crippen LogP contribution in [0.15, 0.2) is 118 Å². The quantitative estimate of drug-likeness (QED) is 0.199. The molecule has 0 radical (unpaired) electrons. The number of anilines is 2. The molecule has 212 valence electrons. The fourth-order valence-corrected chi connectivity index (χ4v) is 6.00. The molecule has 7 rings (SSSR count). The Balaban J connectivity index is 1.42. The predicted octanol–water partition coefficient (Wildman–Crippen LogP) is 7.92. The third-order valence-electron chi connectivity index (χ3n) is 7.46. The van der Waals surface area contributed by atoms with Crippen molar-refractivity contribution in [1.82, 2.24) is 9.78 Å². The number of aliphatic imine (C=N–C) groups is 2. The van der Waals surface area contributed by atoms with E-state index in [0.29, 0.717) is 23.8 Å². The van der Waals surface area contributed by atoms with E-state index in [2.05, 4.69) is 50.4 Å². The summed E-state index contributed by atoms with van der Waals surface area (Å²) in [7, 11) is 0. The lowest BCUT2D eigenvalue weighted by atomic mass is 9.93. The van der Waals surface area contributed by atoms with Gasteiger partial charge in [0.1, 0.15) is 0 Å². The van der Waals surface area contributed by atoms with E-state index in [-0.39, 0.29) is 12.0 Å². The molecule has 0 saturated carbocycles. The molecule has 0 bridgehead atoms. The molecule has 1 atom stereocenters. The van der Waals surface area contributed by atoms with Gasteiger partial charge in [-0.25, -0.2) is 19.5 Å². The summed E-state index contributed by atoms with van der Waals surface area (Å²) in [4.78, 5) is 24.8. The Morgan fingerprint density at radius 3 is 2.47 bits per heavy atom. The number of esters is 1. The first-order valence-electron chi connectivity index (χ1n) is 14.0. The molecule has 5 aromatic rings. The molecule has 0 saturated heterocycles. The van der Waals surface area contributed by atoms with Crippen LogP contribution in [0.25, 0.3) is 5.69 Å². The molecule has 0 amide bonds. The molecule has 0 spiro atoms. The van der Waals surface area contributed by atoms with Gasteiger partial charge in [-0.15, -0.1) is 0 Å². The minimum absolute atomic E-state index is 0.225. The van der Waals surface area contributed by atoms with Crippen LogP contribution in [0.3, 0.4) is 0 Å². The zero-order valence-corrected chi connectivity index (χ0v) is 25.1. The zero-order chi connectivity index (χ0) is 29.5. The van der Waals surface area contributed by atoms with E-state index < -0.39 is 0 Å². The maximum atomic E-state index is 12.2. The smallest absolute Gasteiger partial charge is 0.338 e. The lowest BCUT2D eigenvalue weighted by molar-refractivity contribution is 0.0526. The molecule has 0 unspecified atom stereocenters. The summed E-state index contributed by atoms with van der Waals surface area (Å²) in [5, 5.41) is 8.48. The van der Waals surface area contributed by atoms with E-state index in [1.807, 2.05) is 78.3 Å². The third kappa shape index (κ3) is 4.81. The maximum absolute atomic E-state index is 12.2. The fourth-order valence-electron chi connectivity index (χ4n) is 5.58. The summed E-state index contributed by atoms with van der Waals surface area (Å²) in [6.07, 6.45) is 0. The van der Waals surface area contributed by atoms with Gasteiger partial charge in [0, 0.05) is 15.7 Å². The third-order valence-corrected chi connectivity index (χ3v) is 7.96. The van der Waals surface area contributed by atoms with Gasteiger partial charge in [0.05, 0.1) is 41.0 Å². The van der Waals surface area contributed by atoms with Gasteiger partial charge < -0.3 is 15.0 Å². The molecule has 3 heterocycles. The fraction of sp³-hybridized carbons (Fsp3) is 0.118. The number of rotatable bonds is 5. The Morgan fingerprint density at radius 1 is 0.930 bits per heavy atom. The standard InChI is InChI=1S/C34H27BrN6O2/c1-3-43-34(42)22-16-18-25(19-17-22)36-31-33-38-32-29(21(2)39-41(32)26-12-5-4-6-13-26)30(23-10-9-11-24(35)20-23)40(33)28-15-8-7-14-27(28)37-31/h4-20,30H,3H2,1-2H3,(H,36,37)/t30-/m0/s1. The summed E-state index contributed by atoms with van der Waals surface area (Å²) < 4.78 is 8.05. The second kappa shape index (κ2) is 11.0. The molecule has 0 aliphatic carbocycles. The largest absolute Gasteiger partial charge is 0.462 e. The van der Waals surface area contributed by atoms with Gasteiger partial charge in [-0.1, -0.05) is 58.4 Å². The van der Waals surface area contributed by atoms with Gasteiger partial charge in [-0.3, -0.25) is 0 Å². The van der Waals surface area contributed by atoms with Crippen LogP contribution in [0.1, 0.15) is 40.1 Å². The number of amidine groups is 2. The summed E-state index contributed by atoms with van der Waals surface area (Å²) in [6, 6.07) is 33.4. The summed E-state index contributed by atoms with van der Waals surface area (Å²) in [6.45, 7) is 4.16. The van der Waals surface area contributed by atoms with Crippen molar-refractivity contribution in [1.29, 1.82) is 0 Å². The molecular weight excluding hydrogens is 604 g/mol. The van der Waals surface area contributed by atoms with Crippen molar-refractivity contribution in [3.05, 3.63) is 130 Å². The Morgan fingerprint density at radius 2 is 1.70 bits per heavy atom. The van der Waals surface area contributed by atoms with Crippen LogP contribution in [-0.2, 0) is 4.74 Å². The number of para-hydroxylation sites is 3. The first-order valence-corrected chi connectivity index (χ1v) is 14.8. The van der Waals surface area contributed by atoms with Gasteiger partial charge in [0.15, 0.2) is 17.5 Å². The Bertz CT molecular complexity index is 1910. The van der Waals surface area contributed by atoms with E-state index in [1.165, 1.54) is 0 Å². The topological polar surface area (TPSA) is 84.1 Å². The van der Waals surface area contributed by atoms with Crippen LogP contribution >= 0.6 is 15.9 Å². The van der Waals surface area contributed by atoms with Gasteiger partial charge in [-0.2, -0.15) is 5.10 Å². The Kier molecular flexibility index (Phi) is 6.87. The highest BCUT2D eigenvalue weighted by atomic mass is 79.9. The normalized spacial score (nSPS) is 15.0. The van der Waals surface area contributed by atoms with Gasteiger partial charge in [-0.05, 0) is 80.1 Å². The van der Waals surface area contributed by atoms with Crippen molar-refractivity contribution < 1.29 is 9.53 Å². The SMILES string of the molecule is CCOC(=O)c1ccc(NC2=Nc3ccccc3N3C2=Nc2c(c(C)nn2-c2ccccc2)[C@@H]3c2cccc(Br)c2)cc1. The average molecular weight is 632 g/mol. The Labute approximate surface area is 257 Å². The van der Waals surface area contributed by atoms with Crippen molar-refractivity contribution in [2.24, 2.45) is 9.98 Å². The molecule has 0 fully saturated rings. The molecule has 2 aliphatic rings.